The molecular formula is C11H21NO4. The fraction of sp³-hybridized carbons (Fsp3) is 0.818. The Morgan fingerprint density at radius 3 is 2.38 bits per heavy atom. The number of amides is 1. The van der Waals surface area contributed by atoms with Crippen LogP contribution in [0.4, 0.5) is 0 Å². The van der Waals surface area contributed by atoms with Crippen molar-refractivity contribution in [3.05, 3.63) is 0 Å². The third kappa shape index (κ3) is 5.11. The Morgan fingerprint density at radius 2 is 1.88 bits per heavy atom. The van der Waals surface area contributed by atoms with Crippen molar-refractivity contribution in [3.8, 4) is 0 Å². The minimum atomic E-state index is -1.35. The number of unbranched alkanes of at least 4 members (excludes halogenated alkanes) is 2. The number of rotatable bonds is 8. The summed E-state index contributed by atoms with van der Waals surface area (Å²) in [5, 5.41) is 11.4. The molecule has 0 spiro atoms. The molecule has 5 nitrogen and oxygen atoms in total. The molecule has 0 aliphatic heterocycles. The molecular weight excluding hydrogens is 210 g/mol. The molecule has 16 heavy (non-hydrogen) atoms. The molecule has 0 heterocycles. The third-order valence-electron chi connectivity index (χ3n) is 2.41. The maximum absolute atomic E-state index is 11.5. The predicted molar refractivity (Wildman–Crippen MR) is 60.2 cm³/mol. The number of nitrogens with one attached hydrogen (secondary N) is 1. The van der Waals surface area contributed by atoms with Crippen LogP contribution >= 0.6 is 0 Å². The van der Waals surface area contributed by atoms with Gasteiger partial charge in [-0.2, -0.15) is 0 Å². The Bertz CT molecular complexity index is 238. The number of aliphatic carboxylic acids is 1. The van der Waals surface area contributed by atoms with Crippen LogP contribution in [0.3, 0.4) is 0 Å². The first-order valence-electron chi connectivity index (χ1n) is 5.43. The minimum Gasteiger partial charge on any atom is -0.480 e. The zero-order valence-corrected chi connectivity index (χ0v) is 10.2. The summed E-state index contributed by atoms with van der Waals surface area (Å²) in [4.78, 5) is 22.2. The summed E-state index contributed by atoms with van der Waals surface area (Å²) in [6.07, 6.45) is 2.75. The first kappa shape index (κ1) is 14.9. The monoisotopic (exact) mass is 231 g/mol. The minimum absolute atomic E-state index is 0.438. The molecule has 0 atom stereocenters. The van der Waals surface area contributed by atoms with Gasteiger partial charge in [-0.05, 0) is 33.1 Å². The summed E-state index contributed by atoms with van der Waals surface area (Å²) in [5.41, 5.74) is -1.35. The largest absolute Gasteiger partial charge is 0.480 e. The van der Waals surface area contributed by atoms with Gasteiger partial charge in [-0.25, -0.2) is 0 Å². The molecule has 0 fully saturated rings. The van der Waals surface area contributed by atoms with Crippen molar-refractivity contribution < 1.29 is 19.4 Å². The van der Waals surface area contributed by atoms with Crippen LogP contribution in [0, 0.1) is 5.41 Å². The van der Waals surface area contributed by atoms with E-state index in [-0.39, 0.29) is 0 Å². The van der Waals surface area contributed by atoms with Crippen molar-refractivity contribution >= 4 is 11.9 Å². The number of methoxy groups -OCH3 is 1. The van der Waals surface area contributed by atoms with E-state index in [0.29, 0.717) is 13.2 Å². The SMILES string of the molecule is COCCCCCNC(=O)C(C)(C)C(=O)O. The molecule has 5 heteroatoms. The van der Waals surface area contributed by atoms with Gasteiger partial charge in [0.25, 0.3) is 0 Å². The number of carboxylic acids is 1. The molecule has 1 amide bonds. The summed E-state index contributed by atoms with van der Waals surface area (Å²) in [7, 11) is 1.65. The molecule has 0 radical (unpaired) electrons. The van der Waals surface area contributed by atoms with Crippen molar-refractivity contribution in [3.63, 3.8) is 0 Å². The number of hydrogen-bond acceptors (Lipinski definition) is 3. The van der Waals surface area contributed by atoms with Gasteiger partial charge >= 0.3 is 5.97 Å². The Labute approximate surface area is 96.2 Å². The maximum atomic E-state index is 11.5. The second-order valence-corrected chi connectivity index (χ2v) is 4.24. The molecule has 94 valence electrons. The van der Waals surface area contributed by atoms with Gasteiger partial charge in [-0.15, -0.1) is 0 Å². The molecule has 2 N–H and O–H groups in total. The molecule has 0 aromatic carbocycles. The van der Waals surface area contributed by atoms with Gasteiger partial charge in [0, 0.05) is 20.3 Å². The van der Waals surface area contributed by atoms with Crippen LogP contribution < -0.4 is 5.32 Å². The van der Waals surface area contributed by atoms with Gasteiger partial charge in [0.2, 0.25) is 5.91 Å². The highest BCUT2D eigenvalue weighted by molar-refractivity contribution is 6.00. The lowest BCUT2D eigenvalue weighted by Gasteiger charge is -2.18. The summed E-state index contributed by atoms with van der Waals surface area (Å²) in [5.74, 6) is -1.55. The van der Waals surface area contributed by atoms with Crippen LogP contribution in [0.5, 0.6) is 0 Å². The van der Waals surface area contributed by atoms with Crippen LogP contribution in [-0.4, -0.2) is 37.2 Å². The first-order valence-corrected chi connectivity index (χ1v) is 5.43. The highest BCUT2D eigenvalue weighted by Crippen LogP contribution is 2.14. The number of ether oxygens (including phenoxy) is 1. The van der Waals surface area contributed by atoms with Crippen LogP contribution in [-0.2, 0) is 14.3 Å². The van der Waals surface area contributed by atoms with E-state index in [9.17, 15) is 9.59 Å². The molecule has 0 aromatic heterocycles. The van der Waals surface area contributed by atoms with Crippen molar-refractivity contribution in [2.24, 2.45) is 5.41 Å². The van der Waals surface area contributed by atoms with E-state index >= 15 is 0 Å². The number of carboxylic acid groups (broad SMARTS) is 1. The van der Waals surface area contributed by atoms with Crippen molar-refractivity contribution in [1.29, 1.82) is 0 Å². The number of carbonyl (C=O) groups is 2. The molecule has 0 rings (SSSR count). The highest BCUT2D eigenvalue weighted by Gasteiger charge is 2.35. The van der Waals surface area contributed by atoms with Crippen molar-refractivity contribution in [2.45, 2.75) is 33.1 Å². The van der Waals surface area contributed by atoms with Crippen LogP contribution in [0.25, 0.3) is 0 Å². The van der Waals surface area contributed by atoms with E-state index in [1.54, 1.807) is 7.11 Å². The fourth-order valence-electron chi connectivity index (χ4n) is 1.07. The van der Waals surface area contributed by atoms with Crippen LogP contribution in [0.15, 0.2) is 0 Å². The van der Waals surface area contributed by atoms with E-state index in [4.69, 9.17) is 9.84 Å². The van der Waals surface area contributed by atoms with Gasteiger partial charge in [0.1, 0.15) is 5.41 Å². The van der Waals surface area contributed by atoms with Crippen LogP contribution in [0.2, 0.25) is 0 Å². The van der Waals surface area contributed by atoms with E-state index in [2.05, 4.69) is 5.32 Å². The van der Waals surface area contributed by atoms with E-state index in [1.165, 1.54) is 13.8 Å². The standard InChI is InChI=1S/C11H21NO4/c1-11(2,10(14)15)9(13)12-7-5-4-6-8-16-3/h4-8H2,1-3H3,(H,12,13)(H,14,15). The summed E-state index contributed by atoms with van der Waals surface area (Å²) < 4.78 is 4.89. The van der Waals surface area contributed by atoms with Gasteiger partial charge in [0.15, 0.2) is 0 Å². The molecule has 0 aliphatic carbocycles. The third-order valence-corrected chi connectivity index (χ3v) is 2.41. The Hall–Kier alpha value is -1.10. The highest BCUT2D eigenvalue weighted by atomic mass is 16.5. The fourth-order valence-corrected chi connectivity index (χ4v) is 1.07. The number of carbonyl (C=O) groups excluding carboxylic acids is 1. The average Bonchev–Trinajstić information content (AvgIpc) is 2.22. The molecule has 0 aliphatic rings. The first-order chi connectivity index (χ1) is 7.42. The number of hydrogen-bond donors (Lipinski definition) is 2. The van der Waals surface area contributed by atoms with Crippen molar-refractivity contribution in [1.82, 2.24) is 5.32 Å². The Balaban J connectivity index is 3.70. The lowest BCUT2D eigenvalue weighted by Crippen LogP contribution is -2.42. The molecule has 0 saturated heterocycles. The Kier molecular flexibility index (Phi) is 6.72. The molecule has 0 bridgehead atoms. The predicted octanol–water partition coefficient (Wildman–Crippen LogP) is 1.03. The zero-order valence-electron chi connectivity index (χ0n) is 10.2. The zero-order chi connectivity index (χ0) is 12.6. The second-order valence-electron chi connectivity index (χ2n) is 4.24. The lowest BCUT2D eigenvalue weighted by molar-refractivity contribution is -0.153. The van der Waals surface area contributed by atoms with Crippen LogP contribution in [0.1, 0.15) is 33.1 Å². The van der Waals surface area contributed by atoms with Gasteiger partial charge in [0.05, 0.1) is 0 Å². The molecule has 0 aromatic rings. The summed E-state index contributed by atoms with van der Waals surface area (Å²) >= 11 is 0. The topological polar surface area (TPSA) is 75.6 Å². The Morgan fingerprint density at radius 1 is 1.25 bits per heavy atom. The summed E-state index contributed by atoms with van der Waals surface area (Å²) in [6.45, 7) is 4.03. The average molecular weight is 231 g/mol. The smallest absolute Gasteiger partial charge is 0.318 e. The quantitative estimate of drug-likeness (QED) is 0.483. The maximum Gasteiger partial charge on any atom is 0.318 e. The van der Waals surface area contributed by atoms with E-state index in [1.807, 2.05) is 0 Å². The summed E-state index contributed by atoms with van der Waals surface area (Å²) in [6, 6.07) is 0. The van der Waals surface area contributed by atoms with E-state index < -0.39 is 17.3 Å². The van der Waals surface area contributed by atoms with Gasteiger partial charge in [-0.3, -0.25) is 9.59 Å². The van der Waals surface area contributed by atoms with Gasteiger partial charge in [-0.1, -0.05) is 0 Å². The second kappa shape index (κ2) is 7.22. The molecule has 0 unspecified atom stereocenters. The van der Waals surface area contributed by atoms with E-state index in [0.717, 1.165) is 19.3 Å². The van der Waals surface area contributed by atoms with Crippen molar-refractivity contribution in [2.75, 3.05) is 20.3 Å². The normalized spacial score (nSPS) is 11.2. The lowest BCUT2D eigenvalue weighted by atomic mass is 9.93. The van der Waals surface area contributed by atoms with Gasteiger partial charge < -0.3 is 15.2 Å². The molecule has 0 saturated carbocycles.